The zero-order valence-electron chi connectivity index (χ0n) is 16.2. The fourth-order valence-corrected chi connectivity index (χ4v) is 4.09. The highest BCUT2D eigenvalue weighted by atomic mass is 16.7. The van der Waals surface area contributed by atoms with Crippen LogP contribution in [-0.2, 0) is 20.9 Å². The average molecular weight is 401 g/mol. The van der Waals surface area contributed by atoms with Crippen molar-refractivity contribution in [1.82, 2.24) is 15.1 Å². The minimum atomic E-state index is -0.939. The molecule has 1 aromatic rings. The lowest BCUT2D eigenvalue weighted by Gasteiger charge is -2.34. The second-order valence-corrected chi connectivity index (χ2v) is 7.64. The Bertz CT molecular complexity index is 870. The molecular formula is C20H23N3O6. The Morgan fingerprint density at radius 3 is 2.66 bits per heavy atom. The summed E-state index contributed by atoms with van der Waals surface area (Å²) in [6.07, 6.45) is 3.56. The summed E-state index contributed by atoms with van der Waals surface area (Å²) in [5.74, 6) is -0.906. The van der Waals surface area contributed by atoms with Crippen LogP contribution in [0.5, 0.6) is 11.5 Å². The predicted octanol–water partition coefficient (Wildman–Crippen LogP) is 1.40. The lowest BCUT2D eigenvalue weighted by atomic mass is 9.85. The number of ether oxygens (including phenoxy) is 2. The van der Waals surface area contributed by atoms with Gasteiger partial charge in [0.15, 0.2) is 11.5 Å². The van der Waals surface area contributed by atoms with Crippen molar-refractivity contribution in [2.24, 2.45) is 5.92 Å². The molecule has 2 aliphatic heterocycles. The average Bonchev–Trinajstić information content (AvgIpc) is 3.26. The summed E-state index contributed by atoms with van der Waals surface area (Å²) in [6, 6.07) is 4.31. The summed E-state index contributed by atoms with van der Waals surface area (Å²) >= 11 is 0. The van der Waals surface area contributed by atoms with Crippen molar-refractivity contribution in [2.75, 3.05) is 13.3 Å². The summed E-state index contributed by atoms with van der Waals surface area (Å²) in [6.45, 7) is 1.86. The molecule has 0 bridgehead atoms. The quantitative estimate of drug-likeness (QED) is 0.591. The molecule has 1 N–H and O–H groups in total. The van der Waals surface area contributed by atoms with E-state index in [1.807, 2.05) is 6.92 Å². The number of carbonyl (C=O) groups excluding carboxylic acids is 4. The van der Waals surface area contributed by atoms with Crippen molar-refractivity contribution in [2.45, 2.75) is 45.2 Å². The maximum atomic E-state index is 12.7. The van der Waals surface area contributed by atoms with Crippen molar-refractivity contribution < 1.29 is 28.7 Å². The van der Waals surface area contributed by atoms with Crippen LogP contribution in [0, 0.1) is 5.92 Å². The third-order valence-electron chi connectivity index (χ3n) is 5.71. The first-order chi connectivity index (χ1) is 14.0. The monoisotopic (exact) mass is 401 g/mol. The first-order valence-corrected chi connectivity index (χ1v) is 9.80. The van der Waals surface area contributed by atoms with Gasteiger partial charge in [-0.3, -0.25) is 19.3 Å². The molecule has 3 aliphatic rings. The van der Waals surface area contributed by atoms with Crippen molar-refractivity contribution in [3.63, 3.8) is 0 Å². The van der Waals surface area contributed by atoms with Crippen molar-refractivity contribution in [3.8, 4) is 11.5 Å². The van der Waals surface area contributed by atoms with Crippen LogP contribution in [0.2, 0.25) is 0 Å². The second kappa shape index (κ2) is 7.73. The molecule has 0 unspecified atom stereocenters. The standard InChI is InChI=1S/C20H23N3O6/c1-12-4-2-3-5-14(12)23-19(26)18(25)22(20(23)27)10-17(24)21-9-13-6-7-15-16(8-13)29-11-28-15/h6-8,12,14H,2-5,9-11H2,1H3,(H,21,24)/t12-,14+/m1/s1. The molecule has 5 amide bonds. The van der Waals surface area contributed by atoms with E-state index in [0.29, 0.717) is 17.9 Å². The van der Waals surface area contributed by atoms with E-state index in [9.17, 15) is 19.2 Å². The molecule has 0 aromatic heterocycles. The van der Waals surface area contributed by atoms with Gasteiger partial charge >= 0.3 is 17.8 Å². The van der Waals surface area contributed by atoms with Crippen molar-refractivity contribution >= 4 is 23.8 Å². The number of imide groups is 2. The van der Waals surface area contributed by atoms with Gasteiger partial charge in [-0.25, -0.2) is 9.69 Å². The Morgan fingerprint density at radius 2 is 1.86 bits per heavy atom. The van der Waals surface area contributed by atoms with Gasteiger partial charge in [0.1, 0.15) is 6.54 Å². The first kappa shape index (κ1) is 19.2. The maximum absolute atomic E-state index is 12.7. The minimum Gasteiger partial charge on any atom is -0.454 e. The van der Waals surface area contributed by atoms with Crippen LogP contribution < -0.4 is 14.8 Å². The SMILES string of the molecule is C[C@@H]1CCCC[C@@H]1N1C(=O)C(=O)N(CC(=O)NCc2ccc3c(c2)OCO3)C1=O. The van der Waals surface area contributed by atoms with E-state index >= 15 is 0 Å². The Hall–Kier alpha value is -3.10. The summed E-state index contributed by atoms with van der Waals surface area (Å²) in [5.41, 5.74) is 0.787. The zero-order chi connectivity index (χ0) is 20.5. The van der Waals surface area contributed by atoms with Gasteiger partial charge in [0.2, 0.25) is 12.7 Å². The lowest BCUT2D eigenvalue weighted by molar-refractivity contribution is -0.145. The Kier molecular flexibility index (Phi) is 5.12. The number of carbonyl (C=O) groups is 4. The van der Waals surface area contributed by atoms with Gasteiger partial charge in [0, 0.05) is 12.6 Å². The highest BCUT2D eigenvalue weighted by Crippen LogP contribution is 2.33. The molecule has 1 saturated heterocycles. The summed E-state index contributed by atoms with van der Waals surface area (Å²) in [5, 5.41) is 2.66. The Morgan fingerprint density at radius 1 is 1.10 bits per heavy atom. The highest BCUT2D eigenvalue weighted by Gasteiger charge is 2.49. The Labute approximate surface area is 167 Å². The fraction of sp³-hybridized carbons (Fsp3) is 0.500. The fourth-order valence-electron chi connectivity index (χ4n) is 4.09. The van der Waals surface area contributed by atoms with Gasteiger partial charge < -0.3 is 14.8 Å². The van der Waals surface area contributed by atoms with Gasteiger partial charge in [-0.2, -0.15) is 0 Å². The first-order valence-electron chi connectivity index (χ1n) is 9.80. The normalized spacial score (nSPS) is 23.7. The summed E-state index contributed by atoms with van der Waals surface area (Å²) < 4.78 is 10.5. The molecule has 4 rings (SSSR count). The highest BCUT2D eigenvalue weighted by molar-refractivity contribution is 6.45. The zero-order valence-corrected chi connectivity index (χ0v) is 16.2. The number of hydrogen-bond acceptors (Lipinski definition) is 6. The van der Waals surface area contributed by atoms with Gasteiger partial charge in [-0.1, -0.05) is 25.8 Å². The number of amides is 5. The molecule has 2 heterocycles. The Balaban J connectivity index is 1.37. The minimum absolute atomic E-state index is 0.143. The molecule has 9 heteroatoms. The molecule has 2 atom stereocenters. The van der Waals surface area contributed by atoms with E-state index in [-0.39, 0.29) is 25.3 Å². The van der Waals surface area contributed by atoms with Crippen LogP contribution in [-0.4, -0.2) is 52.9 Å². The van der Waals surface area contributed by atoms with Crippen molar-refractivity contribution in [1.29, 1.82) is 0 Å². The molecule has 9 nitrogen and oxygen atoms in total. The number of hydrogen-bond donors (Lipinski definition) is 1. The van der Waals surface area contributed by atoms with E-state index in [2.05, 4.69) is 5.32 Å². The van der Waals surface area contributed by atoms with Gasteiger partial charge in [-0.05, 0) is 36.5 Å². The van der Waals surface area contributed by atoms with Gasteiger partial charge in [0.25, 0.3) is 0 Å². The van der Waals surface area contributed by atoms with Gasteiger partial charge in [0.05, 0.1) is 0 Å². The van der Waals surface area contributed by atoms with E-state index < -0.39 is 30.3 Å². The summed E-state index contributed by atoms with van der Waals surface area (Å²) in [4.78, 5) is 51.5. The van der Waals surface area contributed by atoms with Crippen molar-refractivity contribution in [3.05, 3.63) is 23.8 Å². The molecule has 0 radical (unpaired) electrons. The molecule has 1 aromatic carbocycles. The maximum Gasteiger partial charge on any atom is 0.334 e. The third-order valence-corrected chi connectivity index (χ3v) is 5.71. The number of benzene rings is 1. The molecule has 29 heavy (non-hydrogen) atoms. The predicted molar refractivity (Wildman–Crippen MR) is 99.8 cm³/mol. The van der Waals surface area contributed by atoms with Crippen LogP contribution in [0.15, 0.2) is 18.2 Å². The van der Waals surface area contributed by atoms with E-state index in [1.54, 1.807) is 18.2 Å². The molecule has 0 spiro atoms. The number of fused-ring (bicyclic) bond motifs is 1. The van der Waals surface area contributed by atoms with Crippen LogP contribution in [0.25, 0.3) is 0 Å². The molecule has 1 saturated carbocycles. The van der Waals surface area contributed by atoms with E-state index in [0.717, 1.165) is 34.6 Å². The summed E-state index contributed by atoms with van der Waals surface area (Å²) in [7, 11) is 0. The van der Waals surface area contributed by atoms with E-state index in [4.69, 9.17) is 9.47 Å². The van der Waals surface area contributed by atoms with Crippen LogP contribution in [0.3, 0.4) is 0 Å². The van der Waals surface area contributed by atoms with Crippen LogP contribution >= 0.6 is 0 Å². The number of rotatable bonds is 5. The number of nitrogens with one attached hydrogen (secondary N) is 1. The van der Waals surface area contributed by atoms with Crippen LogP contribution in [0.1, 0.15) is 38.2 Å². The smallest absolute Gasteiger partial charge is 0.334 e. The topological polar surface area (TPSA) is 105 Å². The number of nitrogens with zero attached hydrogens (tertiary/aromatic N) is 2. The molecule has 1 aliphatic carbocycles. The second-order valence-electron chi connectivity index (χ2n) is 7.64. The van der Waals surface area contributed by atoms with Gasteiger partial charge in [-0.15, -0.1) is 0 Å². The molecule has 154 valence electrons. The largest absolute Gasteiger partial charge is 0.454 e. The molecule has 2 fully saturated rings. The number of urea groups is 1. The molecular weight excluding hydrogens is 378 g/mol. The third kappa shape index (κ3) is 3.64. The lowest BCUT2D eigenvalue weighted by Crippen LogP contribution is -2.47. The van der Waals surface area contributed by atoms with E-state index in [1.165, 1.54) is 0 Å². The van der Waals surface area contributed by atoms with Crippen LogP contribution in [0.4, 0.5) is 4.79 Å².